The average molecular weight is 378 g/mol. The Labute approximate surface area is 144 Å². The number of halogens is 1. The number of amides is 1. The minimum absolute atomic E-state index is 0.0941. The van der Waals surface area contributed by atoms with Crippen LogP contribution in [-0.4, -0.2) is 47.0 Å². The van der Waals surface area contributed by atoms with E-state index >= 15 is 0 Å². The molecule has 1 amide bonds. The summed E-state index contributed by atoms with van der Waals surface area (Å²) in [5, 5.41) is 4.05. The quantitative estimate of drug-likeness (QED) is 0.824. The smallest absolute Gasteiger partial charge is 0.255 e. The number of hydrogen-bond acceptors (Lipinski definition) is 4. The predicted molar refractivity (Wildman–Crippen MR) is 91.2 cm³/mol. The molecule has 0 bridgehead atoms. The van der Waals surface area contributed by atoms with Crippen LogP contribution in [0.25, 0.3) is 0 Å². The SMILES string of the molecule is Cc1cc(CN2CCCN(C(=O)c3ccccc3Br)CC2)no1. The van der Waals surface area contributed by atoms with Crippen LogP contribution in [0.1, 0.15) is 28.2 Å². The molecule has 1 saturated heterocycles. The summed E-state index contributed by atoms with van der Waals surface area (Å²) >= 11 is 3.46. The summed E-state index contributed by atoms with van der Waals surface area (Å²) in [7, 11) is 0. The molecule has 0 aliphatic carbocycles. The zero-order chi connectivity index (χ0) is 16.2. The largest absolute Gasteiger partial charge is 0.361 e. The molecule has 0 radical (unpaired) electrons. The first-order valence-electron chi connectivity index (χ1n) is 7.82. The van der Waals surface area contributed by atoms with Crippen LogP contribution in [0.2, 0.25) is 0 Å². The third kappa shape index (κ3) is 4.00. The molecular formula is C17H20BrN3O2. The highest BCUT2D eigenvalue weighted by Gasteiger charge is 2.22. The molecule has 0 unspecified atom stereocenters. The molecule has 1 aromatic carbocycles. The van der Waals surface area contributed by atoms with E-state index < -0.39 is 0 Å². The van der Waals surface area contributed by atoms with Crippen molar-refractivity contribution in [3.05, 3.63) is 51.8 Å². The number of hydrogen-bond donors (Lipinski definition) is 0. The van der Waals surface area contributed by atoms with Crippen molar-refractivity contribution in [2.45, 2.75) is 19.9 Å². The van der Waals surface area contributed by atoms with Crippen LogP contribution in [-0.2, 0) is 6.54 Å². The van der Waals surface area contributed by atoms with Gasteiger partial charge in [-0.05, 0) is 41.4 Å². The van der Waals surface area contributed by atoms with Crippen molar-refractivity contribution in [3.8, 4) is 0 Å². The van der Waals surface area contributed by atoms with Crippen LogP contribution in [0.5, 0.6) is 0 Å². The molecule has 1 aliphatic rings. The monoisotopic (exact) mass is 377 g/mol. The molecule has 1 aliphatic heterocycles. The Kier molecular flexibility index (Phi) is 5.13. The van der Waals surface area contributed by atoms with Crippen LogP contribution in [0.4, 0.5) is 0 Å². The minimum Gasteiger partial charge on any atom is -0.361 e. The Morgan fingerprint density at radius 2 is 2.09 bits per heavy atom. The van der Waals surface area contributed by atoms with Gasteiger partial charge in [-0.25, -0.2) is 0 Å². The maximum absolute atomic E-state index is 12.7. The molecule has 6 heteroatoms. The van der Waals surface area contributed by atoms with E-state index in [0.717, 1.165) is 60.6 Å². The van der Waals surface area contributed by atoms with Crippen LogP contribution < -0.4 is 0 Å². The third-order valence-corrected chi connectivity index (χ3v) is 4.73. The summed E-state index contributed by atoms with van der Waals surface area (Å²) in [6.45, 7) is 6.00. The zero-order valence-electron chi connectivity index (χ0n) is 13.2. The van der Waals surface area contributed by atoms with E-state index in [2.05, 4.69) is 26.0 Å². The number of aromatic nitrogens is 1. The molecule has 23 heavy (non-hydrogen) atoms. The van der Waals surface area contributed by atoms with E-state index in [0.29, 0.717) is 0 Å². The van der Waals surface area contributed by atoms with Gasteiger partial charge < -0.3 is 9.42 Å². The van der Waals surface area contributed by atoms with E-state index in [1.165, 1.54) is 0 Å². The standard InChI is InChI=1S/C17H20BrN3O2/c1-13-11-14(19-23-13)12-20-7-4-8-21(10-9-20)17(22)15-5-2-3-6-16(15)18/h2-3,5-6,11H,4,7-10,12H2,1H3. The van der Waals surface area contributed by atoms with Crippen LogP contribution in [0.15, 0.2) is 39.3 Å². The molecule has 5 nitrogen and oxygen atoms in total. The lowest BCUT2D eigenvalue weighted by atomic mass is 10.2. The molecule has 1 aromatic heterocycles. The van der Waals surface area contributed by atoms with Crippen LogP contribution >= 0.6 is 15.9 Å². The fourth-order valence-electron chi connectivity index (χ4n) is 2.86. The predicted octanol–water partition coefficient (Wildman–Crippen LogP) is 3.09. The second-order valence-electron chi connectivity index (χ2n) is 5.83. The molecule has 1 fully saturated rings. The van der Waals surface area contributed by atoms with E-state index in [9.17, 15) is 4.79 Å². The summed E-state index contributed by atoms with van der Waals surface area (Å²) in [4.78, 5) is 17.0. The van der Waals surface area contributed by atoms with Gasteiger partial charge in [0.05, 0.1) is 11.3 Å². The molecule has 0 saturated carbocycles. The van der Waals surface area contributed by atoms with Crippen molar-refractivity contribution >= 4 is 21.8 Å². The van der Waals surface area contributed by atoms with Crippen LogP contribution in [0.3, 0.4) is 0 Å². The Morgan fingerprint density at radius 3 is 2.83 bits per heavy atom. The fraction of sp³-hybridized carbons (Fsp3) is 0.412. The van der Waals surface area contributed by atoms with Gasteiger partial charge in [0.2, 0.25) is 0 Å². The number of carbonyl (C=O) groups is 1. The number of nitrogens with zero attached hydrogens (tertiary/aromatic N) is 3. The molecule has 122 valence electrons. The van der Waals surface area contributed by atoms with E-state index in [4.69, 9.17) is 4.52 Å². The summed E-state index contributed by atoms with van der Waals surface area (Å²) in [6.07, 6.45) is 0.965. The zero-order valence-corrected chi connectivity index (χ0v) is 14.8. The Bertz CT molecular complexity index is 686. The molecule has 3 rings (SSSR count). The Hall–Kier alpha value is -1.66. The van der Waals surface area contributed by atoms with E-state index in [1.54, 1.807) is 0 Å². The first kappa shape index (κ1) is 16.2. The maximum atomic E-state index is 12.7. The molecule has 0 N–H and O–H groups in total. The average Bonchev–Trinajstić information content (AvgIpc) is 2.81. The van der Waals surface area contributed by atoms with Crippen molar-refractivity contribution in [2.75, 3.05) is 26.2 Å². The van der Waals surface area contributed by atoms with Gasteiger partial charge in [-0.2, -0.15) is 0 Å². The Balaban J connectivity index is 1.62. The normalized spacial score (nSPS) is 16.3. The molecule has 0 atom stereocenters. The molecular weight excluding hydrogens is 358 g/mol. The van der Waals surface area contributed by atoms with E-state index in [1.807, 2.05) is 42.2 Å². The van der Waals surface area contributed by atoms with Crippen molar-refractivity contribution in [1.82, 2.24) is 15.0 Å². The van der Waals surface area contributed by atoms with Gasteiger partial charge in [0.15, 0.2) is 0 Å². The van der Waals surface area contributed by atoms with Crippen molar-refractivity contribution < 1.29 is 9.32 Å². The highest BCUT2D eigenvalue weighted by atomic mass is 79.9. The lowest BCUT2D eigenvalue weighted by Crippen LogP contribution is -2.35. The lowest BCUT2D eigenvalue weighted by Gasteiger charge is -2.22. The second kappa shape index (κ2) is 7.27. The van der Waals surface area contributed by atoms with Gasteiger partial charge in [0.1, 0.15) is 5.76 Å². The maximum Gasteiger partial charge on any atom is 0.255 e. The molecule has 2 aromatic rings. The third-order valence-electron chi connectivity index (χ3n) is 4.04. The van der Waals surface area contributed by atoms with E-state index in [-0.39, 0.29) is 5.91 Å². The van der Waals surface area contributed by atoms with Crippen LogP contribution in [0, 0.1) is 6.92 Å². The number of rotatable bonds is 3. The van der Waals surface area contributed by atoms with Gasteiger partial charge in [0.25, 0.3) is 5.91 Å². The van der Waals surface area contributed by atoms with Gasteiger partial charge in [-0.15, -0.1) is 0 Å². The highest BCUT2D eigenvalue weighted by Crippen LogP contribution is 2.19. The summed E-state index contributed by atoms with van der Waals surface area (Å²) in [6, 6.07) is 9.56. The van der Waals surface area contributed by atoms with Gasteiger partial charge in [-0.1, -0.05) is 17.3 Å². The summed E-state index contributed by atoms with van der Waals surface area (Å²) < 4.78 is 5.97. The molecule has 0 spiro atoms. The Morgan fingerprint density at radius 1 is 1.26 bits per heavy atom. The topological polar surface area (TPSA) is 49.6 Å². The fourth-order valence-corrected chi connectivity index (χ4v) is 3.31. The van der Waals surface area contributed by atoms with Gasteiger partial charge >= 0.3 is 0 Å². The number of benzene rings is 1. The lowest BCUT2D eigenvalue weighted by molar-refractivity contribution is 0.0760. The molecule has 2 heterocycles. The summed E-state index contributed by atoms with van der Waals surface area (Å²) in [5.74, 6) is 0.928. The second-order valence-corrected chi connectivity index (χ2v) is 6.68. The minimum atomic E-state index is 0.0941. The first-order valence-corrected chi connectivity index (χ1v) is 8.61. The van der Waals surface area contributed by atoms with Crippen molar-refractivity contribution in [1.29, 1.82) is 0 Å². The van der Waals surface area contributed by atoms with Crippen molar-refractivity contribution in [3.63, 3.8) is 0 Å². The van der Waals surface area contributed by atoms with Gasteiger partial charge in [0, 0.05) is 43.3 Å². The van der Waals surface area contributed by atoms with Crippen molar-refractivity contribution in [2.24, 2.45) is 0 Å². The first-order chi connectivity index (χ1) is 11.1. The summed E-state index contributed by atoms with van der Waals surface area (Å²) in [5.41, 5.74) is 1.68. The number of carbonyl (C=O) groups excluding carboxylic acids is 1. The number of aryl methyl sites for hydroxylation is 1. The van der Waals surface area contributed by atoms with Gasteiger partial charge in [-0.3, -0.25) is 9.69 Å². The highest BCUT2D eigenvalue weighted by molar-refractivity contribution is 9.10.